The molecule has 0 radical (unpaired) electrons. The second-order valence-electron chi connectivity index (χ2n) is 19.6. The van der Waals surface area contributed by atoms with Crippen LogP contribution in [0.5, 0.6) is 0 Å². The SMILES string of the molecule is CC(C)(C)OC(=O)N1C[C@@H](CN(C(=O)[C@@H]2CN(C(=O)OCC3c4ccccc4-c4ccccc43)CCO2)[C@@H](c2nc(-c3cc(F)ccc3F)cn2Cc2ccccc2)C2CCOCC2)[C@@](C)(F)C1. The van der Waals surface area contributed by atoms with E-state index in [-0.39, 0.29) is 75.6 Å². The molecule has 4 heterocycles. The van der Waals surface area contributed by atoms with E-state index in [0.29, 0.717) is 31.9 Å². The fourth-order valence-electron chi connectivity index (χ4n) is 10.2. The average molecular weight is 934 g/mol. The third-order valence-electron chi connectivity index (χ3n) is 13.6. The van der Waals surface area contributed by atoms with Crippen LogP contribution in [0.15, 0.2) is 103 Å². The second-order valence-corrected chi connectivity index (χ2v) is 19.6. The monoisotopic (exact) mass is 933 g/mol. The molecule has 68 heavy (non-hydrogen) atoms. The lowest BCUT2D eigenvalue weighted by Gasteiger charge is -2.43. The number of ether oxygens (including phenoxy) is 4. The largest absolute Gasteiger partial charge is 0.448 e. The van der Waals surface area contributed by atoms with E-state index in [1.54, 1.807) is 31.9 Å². The molecule has 4 aromatic carbocycles. The first-order valence-corrected chi connectivity index (χ1v) is 23.5. The summed E-state index contributed by atoms with van der Waals surface area (Å²) in [6.45, 7) is 7.29. The Hall–Kier alpha value is -6.19. The zero-order valence-electron chi connectivity index (χ0n) is 38.9. The molecule has 4 atom stereocenters. The number of nitrogens with zero attached hydrogens (tertiary/aromatic N) is 5. The maximum absolute atomic E-state index is 17.1. The summed E-state index contributed by atoms with van der Waals surface area (Å²) >= 11 is 0. The van der Waals surface area contributed by atoms with Gasteiger partial charge in [0, 0.05) is 63.0 Å². The number of hydrogen-bond donors (Lipinski definition) is 0. The second kappa shape index (κ2) is 19.4. The lowest BCUT2D eigenvalue weighted by atomic mass is 9.87. The number of carbonyl (C=O) groups excluding carboxylic acids is 3. The van der Waals surface area contributed by atoms with E-state index in [1.807, 2.05) is 71.3 Å². The Morgan fingerprint density at radius 1 is 0.853 bits per heavy atom. The van der Waals surface area contributed by atoms with E-state index in [2.05, 4.69) is 12.1 Å². The predicted octanol–water partition coefficient (Wildman–Crippen LogP) is 9.42. The van der Waals surface area contributed by atoms with Gasteiger partial charge in [-0.15, -0.1) is 0 Å². The molecule has 3 amide bonds. The van der Waals surface area contributed by atoms with Crippen molar-refractivity contribution in [3.63, 3.8) is 0 Å². The molecule has 4 aliphatic rings. The number of rotatable bonds is 11. The summed E-state index contributed by atoms with van der Waals surface area (Å²) in [5.41, 5.74) is 2.51. The maximum atomic E-state index is 17.1. The van der Waals surface area contributed by atoms with Gasteiger partial charge in [-0.25, -0.2) is 27.7 Å². The van der Waals surface area contributed by atoms with Crippen molar-refractivity contribution in [3.8, 4) is 22.4 Å². The molecular formula is C53H58F3N5O7. The van der Waals surface area contributed by atoms with Gasteiger partial charge < -0.3 is 38.2 Å². The van der Waals surface area contributed by atoms with Gasteiger partial charge in [0.25, 0.3) is 5.91 Å². The number of morpholine rings is 1. The Morgan fingerprint density at radius 3 is 2.22 bits per heavy atom. The number of fused-ring (bicyclic) bond motifs is 3. The third-order valence-corrected chi connectivity index (χ3v) is 13.6. The highest BCUT2D eigenvalue weighted by atomic mass is 19.1. The van der Waals surface area contributed by atoms with Gasteiger partial charge in [-0.1, -0.05) is 78.9 Å². The molecule has 0 N–H and O–H groups in total. The molecule has 3 aliphatic heterocycles. The van der Waals surface area contributed by atoms with Crippen molar-refractivity contribution in [1.82, 2.24) is 24.3 Å². The van der Waals surface area contributed by atoms with Crippen molar-refractivity contribution in [1.29, 1.82) is 0 Å². The van der Waals surface area contributed by atoms with Crippen molar-refractivity contribution < 1.29 is 46.5 Å². The summed E-state index contributed by atoms with van der Waals surface area (Å²) in [5, 5.41) is 0. The summed E-state index contributed by atoms with van der Waals surface area (Å²) in [6, 6.07) is 28.0. The first kappa shape index (κ1) is 46.9. The highest BCUT2D eigenvalue weighted by molar-refractivity contribution is 5.83. The summed E-state index contributed by atoms with van der Waals surface area (Å²) in [4.78, 5) is 52.5. The van der Waals surface area contributed by atoms with Crippen LogP contribution in [0.25, 0.3) is 22.4 Å². The van der Waals surface area contributed by atoms with Crippen LogP contribution in [0, 0.1) is 23.5 Å². The number of alkyl halides is 1. The fraction of sp³-hybridized carbons (Fsp3) is 0.434. The van der Waals surface area contributed by atoms with E-state index < -0.39 is 59.1 Å². The van der Waals surface area contributed by atoms with Crippen molar-refractivity contribution in [3.05, 3.63) is 137 Å². The first-order chi connectivity index (χ1) is 32.6. The minimum absolute atomic E-state index is 0.0265. The average Bonchev–Trinajstić information content (AvgIpc) is 3.99. The number of likely N-dealkylation sites (tertiary alicyclic amines) is 1. The fourth-order valence-corrected chi connectivity index (χ4v) is 10.2. The van der Waals surface area contributed by atoms with Crippen LogP contribution in [-0.2, 0) is 30.3 Å². The van der Waals surface area contributed by atoms with Crippen LogP contribution in [-0.4, -0.2) is 119 Å². The molecule has 3 saturated heterocycles. The summed E-state index contributed by atoms with van der Waals surface area (Å²) in [5.74, 6) is -2.84. The van der Waals surface area contributed by atoms with E-state index in [9.17, 15) is 14.0 Å². The molecule has 15 heteroatoms. The van der Waals surface area contributed by atoms with Gasteiger partial charge in [0.2, 0.25) is 0 Å². The lowest BCUT2D eigenvalue weighted by Crippen LogP contribution is -2.56. The summed E-state index contributed by atoms with van der Waals surface area (Å²) in [6.07, 6.45) is 0.186. The van der Waals surface area contributed by atoms with E-state index >= 15 is 13.6 Å². The van der Waals surface area contributed by atoms with Gasteiger partial charge in [-0.05, 0) is 92.5 Å². The Kier molecular flexibility index (Phi) is 13.4. The molecule has 5 aromatic rings. The zero-order chi connectivity index (χ0) is 47.7. The molecule has 0 unspecified atom stereocenters. The van der Waals surface area contributed by atoms with Crippen LogP contribution < -0.4 is 0 Å². The highest BCUT2D eigenvalue weighted by Gasteiger charge is 2.50. The van der Waals surface area contributed by atoms with Crippen LogP contribution in [0.3, 0.4) is 0 Å². The van der Waals surface area contributed by atoms with Gasteiger partial charge in [0.15, 0.2) is 6.10 Å². The standard InChI is InChI=1S/C53H58F3N5O7/c1-52(2,3)68-51(64)60-28-36(53(4,56)33-60)29-61(49(62)46-31-58(22-25-66-46)50(63)67-32-43-40-16-10-8-14-38(40)39-15-9-11-17-41(39)43)47(35-20-23-65-24-21-35)48-57-45(42-26-37(54)18-19-44(42)55)30-59(48)27-34-12-6-5-7-13-34/h5-19,26,30,35-36,43,46-47H,20-25,27-29,31-33H2,1-4H3/t36-,46-,47+,53-/m0/s1. The summed E-state index contributed by atoms with van der Waals surface area (Å²) in [7, 11) is 0. The predicted molar refractivity (Wildman–Crippen MR) is 248 cm³/mol. The number of carbonyl (C=O) groups is 3. The number of halogens is 3. The molecule has 1 aliphatic carbocycles. The number of hydrogen-bond acceptors (Lipinski definition) is 8. The van der Waals surface area contributed by atoms with E-state index in [1.165, 1.54) is 16.7 Å². The molecule has 1 aromatic heterocycles. The highest BCUT2D eigenvalue weighted by Crippen LogP contribution is 2.45. The number of benzene rings is 4. The van der Waals surface area contributed by atoms with Gasteiger partial charge in [0.1, 0.15) is 35.3 Å². The van der Waals surface area contributed by atoms with Gasteiger partial charge >= 0.3 is 12.2 Å². The van der Waals surface area contributed by atoms with Crippen molar-refractivity contribution in [2.75, 3.05) is 59.2 Å². The molecule has 0 spiro atoms. The molecular weight excluding hydrogens is 876 g/mol. The molecule has 9 rings (SSSR count). The van der Waals surface area contributed by atoms with Crippen molar-refractivity contribution in [2.24, 2.45) is 11.8 Å². The Morgan fingerprint density at radius 2 is 1.53 bits per heavy atom. The maximum Gasteiger partial charge on any atom is 0.410 e. The molecule has 0 saturated carbocycles. The van der Waals surface area contributed by atoms with E-state index in [4.69, 9.17) is 23.9 Å². The third kappa shape index (κ3) is 10.0. The number of aromatic nitrogens is 2. The smallest absolute Gasteiger partial charge is 0.410 e. The molecule has 0 bridgehead atoms. The zero-order valence-corrected chi connectivity index (χ0v) is 38.9. The van der Waals surface area contributed by atoms with Gasteiger partial charge in [0.05, 0.1) is 31.4 Å². The van der Waals surface area contributed by atoms with Crippen LogP contribution in [0.4, 0.5) is 22.8 Å². The Labute approximate surface area is 394 Å². The topological polar surface area (TPSA) is 116 Å². The van der Waals surface area contributed by atoms with Crippen LogP contribution >= 0.6 is 0 Å². The Balaban J connectivity index is 1.07. The van der Waals surface area contributed by atoms with Crippen molar-refractivity contribution >= 4 is 18.1 Å². The van der Waals surface area contributed by atoms with Gasteiger partial charge in [-0.3, -0.25) is 4.79 Å². The number of imidazole rings is 1. The molecule has 358 valence electrons. The van der Waals surface area contributed by atoms with Gasteiger partial charge in [-0.2, -0.15) is 0 Å². The van der Waals surface area contributed by atoms with E-state index in [0.717, 1.165) is 46.0 Å². The number of amides is 3. The van der Waals surface area contributed by atoms with Crippen LogP contribution in [0.1, 0.15) is 75.0 Å². The summed E-state index contributed by atoms with van der Waals surface area (Å²) < 4.78 is 73.2. The molecule has 3 fully saturated rings. The van der Waals surface area contributed by atoms with Crippen LogP contribution in [0.2, 0.25) is 0 Å². The quantitative estimate of drug-likeness (QED) is 0.129. The lowest BCUT2D eigenvalue weighted by molar-refractivity contribution is -0.155. The minimum atomic E-state index is -1.97. The molecule has 12 nitrogen and oxygen atoms in total. The van der Waals surface area contributed by atoms with Crippen molar-refractivity contribution in [2.45, 2.75) is 76.4 Å². The minimum Gasteiger partial charge on any atom is -0.448 e. The normalized spacial score (nSPS) is 21.3. The first-order valence-electron chi connectivity index (χ1n) is 23.5. The Bertz CT molecular complexity index is 2580.